The van der Waals surface area contributed by atoms with Gasteiger partial charge in [0.1, 0.15) is 11.4 Å². The first-order valence-corrected chi connectivity index (χ1v) is 13.6. The maximum Gasteiger partial charge on any atom is 0.433 e. The van der Waals surface area contributed by atoms with Gasteiger partial charge in [0.2, 0.25) is 11.9 Å². The summed E-state index contributed by atoms with van der Waals surface area (Å²) in [5, 5.41) is 3.11. The Kier molecular flexibility index (Phi) is 7.11. The van der Waals surface area contributed by atoms with Gasteiger partial charge in [-0.3, -0.25) is 4.79 Å². The number of aromatic nitrogens is 2. The van der Waals surface area contributed by atoms with Gasteiger partial charge in [0.15, 0.2) is 0 Å². The van der Waals surface area contributed by atoms with Crippen molar-refractivity contribution in [3.05, 3.63) is 107 Å². The van der Waals surface area contributed by atoms with Crippen LogP contribution in [0.2, 0.25) is 0 Å². The number of halogens is 3. The van der Waals surface area contributed by atoms with Gasteiger partial charge in [-0.1, -0.05) is 54.6 Å². The molecule has 1 aliphatic carbocycles. The van der Waals surface area contributed by atoms with Crippen molar-refractivity contribution in [3.63, 3.8) is 0 Å². The van der Waals surface area contributed by atoms with Crippen molar-refractivity contribution in [1.82, 2.24) is 15.3 Å². The molecule has 1 aromatic heterocycles. The van der Waals surface area contributed by atoms with Crippen LogP contribution in [0.4, 0.5) is 19.1 Å². The van der Waals surface area contributed by atoms with Crippen LogP contribution >= 0.6 is 0 Å². The number of fused-ring (bicyclic) bond motifs is 1. The van der Waals surface area contributed by atoms with Gasteiger partial charge in [-0.05, 0) is 70.3 Å². The number of carbonyl (C=O) groups excluding carboxylic acids is 1. The van der Waals surface area contributed by atoms with Gasteiger partial charge in [-0.15, -0.1) is 0 Å². The molecule has 0 spiro atoms. The van der Waals surface area contributed by atoms with Crippen molar-refractivity contribution in [2.24, 2.45) is 5.92 Å². The summed E-state index contributed by atoms with van der Waals surface area (Å²) in [7, 11) is 1.62. The molecular weight excluding hydrogens is 529 g/mol. The van der Waals surface area contributed by atoms with E-state index in [1.54, 1.807) is 12.0 Å². The second kappa shape index (κ2) is 10.9. The SMILES string of the molecule is COc1cccc(-c2ccc(CNC(=O)C3CC3c3ccccc3)c3c2CCN(c2nccc(C(F)(F)F)n2)C3)c1. The lowest BCUT2D eigenvalue weighted by molar-refractivity contribution is -0.141. The Hall–Kier alpha value is -4.40. The van der Waals surface area contributed by atoms with Gasteiger partial charge >= 0.3 is 6.18 Å². The second-order valence-corrected chi connectivity index (χ2v) is 10.4. The molecule has 1 aliphatic heterocycles. The Bertz CT molecular complexity index is 1580. The van der Waals surface area contributed by atoms with E-state index in [0.29, 0.717) is 26.1 Å². The van der Waals surface area contributed by atoms with Gasteiger partial charge in [-0.2, -0.15) is 13.2 Å². The van der Waals surface area contributed by atoms with Gasteiger partial charge in [0, 0.05) is 31.7 Å². The average Bonchev–Trinajstić information content (AvgIpc) is 3.81. The minimum atomic E-state index is -4.55. The molecule has 1 amide bonds. The van der Waals surface area contributed by atoms with Crippen molar-refractivity contribution in [2.75, 3.05) is 18.6 Å². The number of nitrogens with zero attached hydrogens (tertiary/aromatic N) is 3. The molecule has 2 atom stereocenters. The molecule has 6 rings (SSSR count). The summed E-state index contributed by atoms with van der Waals surface area (Å²) >= 11 is 0. The first-order chi connectivity index (χ1) is 19.8. The smallest absolute Gasteiger partial charge is 0.433 e. The van der Waals surface area contributed by atoms with Crippen LogP contribution in [-0.2, 0) is 30.5 Å². The fourth-order valence-corrected chi connectivity index (χ4v) is 5.66. The Morgan fingerprint density at radius 3 is 2.66 bits per heavy atom. The molecule has 1 N–H and O–H groups in total. The van der Waals surface area contributed by atoms with E-state index in [4.69, 9.17) is 4.74 Å². The molecule has 0 radical (unpaired) electrons. The van der Waals surface area contributed by atoms with Crippen molar-refractivity contribution >= 4 is 11.9 Å². The van der Waals surface area contributed by atoms with E-state index < -0.39 is 11.9 Å². The highest BCUT2D eigenvalue weighted by atomic mass is 19.4. The van der Waals surface area contributed by atoms with E-state index in [-0.39, 0.29) is 23.7 Å². The molecule has 1 saturated carbocycles. The molecule has 4 aromatic rings. The van der Waals surface area contributed by atoms with Crippen LogP contribution in [0.1, 0.15) is 40.3 Å². The summed E-state index contributed by atoms with van der Waals surface area (Å²) in [5.74, 6) is 0.961. The maximum absolute atomic E-state index is 13.4. The number of anilines is 1. The summed E-state index contributed by atoms with van der Waals surface area (Å²) in [4.78, 5) is 22.8. The molecular formula is C32H29F3N4O2. The Morgan fingerprint density at radius 2 is 1.88 bits per heavy atom. The molecule has 1 fully saturated rings. The van der Waals surface area contributed by atoms with Crippen molar-refractivity contribution in [2.45, 2.75) is 38.0 Å². The third kappa shape index (κ3) is 5.62. The number of ether oxygens (including phenoxy) is 1. The van der Waals surface area contributed by atoms with E-state index in [1.807, 2.05) is 48.5 Å². The predicted molar refractivity (Wildman–Crippen MR) is 149 cm³/mol. The molecule has 0 saturated heterocycles. The van der Waals surface area contributed by atoms with Crippen LogP contribution in [0.3, 0.4) is 0 Å². The number of benzene rings is 3. The number of nitrogens with one attached hydrogen (secondary N) is 1. The van der Waals surface area contributed by atoms with Crippen molar-refractivity contribution in [3.8, 4) is 16.9 Å². The molecule has 6 nitrogen and oxygen atoms in total. The number of carbonyl (C=O) groups is 1. The molecule has 210 valence electrons. The third-order valence-corrected chi connectivity index (χ3v) is 7.91. The van der Waals surface area contributed by atoms with Gasteiger partial charge in [0.05, 0.1) is 7.11 Å². The van der Waals surface area contributed by atoms with Crippen LogP contribution in [0.25, 0.3) is 11.1 Å². The van der Waals surface area contributed by atoms with E-state index in [0.717, 1.165) is 52.3 Å². The van der Waals surface area contributed by atoms with Crippen LogP contribution in [0.5, 0.6) is 5.75 Å². The number of alkyl halides is 3. The monoisotopic (exact) mass is 558 g/mol. The maximum atomic E-state index is 13.4. The summed E-state index contributed by atoms with van der Waals surface area (Å²) in [6.07, 6.45) is -2.00. The number of methoxy groups -OCH3 is 1. The molecule has 2 heterocycles. The highest BCUT2D eigenvalue weighted by molar-refractivity contribution is 5.83. The summed E-state index contributed by atoms with van der Waals surface area (Å²) in [5.41, 5.74) is 5.21. The Morgan fingerprint density at radius 1 is 1.05 bits per heavy atom. The fourth-order valence-electron chi connectivity index (χ4n) is 5.66. The third-order valence-electron chi connectivity index (χ3n) is 7.91. The first-order valence-electron chi connectivity index (χ1n) is 13.6. The zero-order valence-corrected chi connectivity index (χ0v) is 22.5. The summed E-state index contributed by atoms with van der Waals surface area (Å²) in [6.45, 7) is 1.12. The lowest BCUT2D eigenvalue weighted by Gasteiger charge is -2.32. The van der Waals surface area contributed by atoms with Gasteiger partial charge in [0.25, 0.3) is 0 Å². The normalized spacial score (nSPS) is 18.0. The van der Waals surface area contributed by atoms with Crippen LogP contribution < -0.4 is 15.0 Å². The minimum absolute atomic E-state index is 0.0124. The topological polar surface area (TPSA) is 67.3 Å². The van der Waals surface area contributed by atoms with E-state index in [9.17, 15) is 18.0 Å². The highest BCUT2D eigenvalue weighted by Crippen LogP contribution is 2.47. The molecule has 2 aliphatic rings. The number of hydrogen-bond donors (Lipinski definition) is 1. The van der Waals surface area contributed by atoms with Crippen LogP contribution in [0, 0.1) is 5.92 Å². The van der Waals surface area contributed by atoms with Gasteiger partial charge in [-0.25, -0.2) is 9.97 Å². The fraction of sp³-hybridized carbons (Fsp3) is 0.281. The number of amides is 1. The van der Waals surface area contributed by atoms with E-state index in [2.05, 4.69) is 33.5 Å². The average molecular weight is 559 g/mol. The van der Waals surface area contributed by atoms with E-state index >= 15 is 0 Å². The molecule has 9 heteroatoms. The lowest BCUT2D eigenvalue weighted by Crippen LogP contribution is -2.34. The minimum Gasteiger partial charge on any atom is -0.497 e. The lowest BCUT2D eigenvalue weighted by atomic mass is 9.87. The van der Waals surface area contributed by atoms with Crippen LogP contribution in [-0.4, -0.2) is 29.5 Å². The highest BCUT2D eigenvalue weighted by Gasteiger charge is 2.43. The standard InChI is InChI=1S/C32H29F3N4O2/c1-41-23-9-5-8-21(16-23)24-11-10-22(18-37-30(40)27-17-26(27)20-6-3-2-4-7-20)28-19-39(15-13-25(24)28)31-36-14-12-29(38-31)32(33,34)35/h2-12,14,16,26-27H,13,15,17-19H2,1H3,(H,37,40). The van der Waals surface area contributed by atoms with Crippen molar-refractivity contribution in [1.29, 1.82) is 0 Å². The molecule has 2 unspecified atom stereocenters. The zero-order chi connectivity index (χ0) is 28.6. The summed E-state index contributed by atoms with van der Waals surface area (Å²) < 4.78 is 45.5. The van der Waals surface area contributed by atoms with E-state index in [1.165, 1.54) is 5.56 Å². The molecule has 41 heavy (non-hydrogen) atoms. The molecule has 0 bridgehead atoms. The number of hydrogen-bond acceptors (Lipinski definition) is 5. The molecule has 3 aromatic carbocycles. The second-order valence-electron chi connectivity index (χ2n) is 10.4. The largest absolute Gasteiger partial charge is 0.497 e. The quantitative estimate of drug-likeness (QED) is 0.295. The van der Waals surface area contributed by atoms with Gasteiger partial charge < -0.3 is 15.0 Å². The first kappa shape index (κ1) is 26.8. The van der Waals surface area contributed by atoms with Crippen molar-refractivity contribution < 1.29 is 22.7 Å². The Labute approximate surface area is 236 Å². The van der Waals surface area contributed by atoms with Crippen LogP contribution in [0.15, 0.2) is 79.0 Å². The predicted octanol–water partition coefficient (Wildman–Crippen LogP) is 6.15. The zero-order valence-electron chi connectivity index (χ0n) is 22.5. The number of rotatable bonds is 7. The summed E-state index contributed by atoms with van der Waals surface area (Å²) in [6, 6.07) is 22.8. The Balaban J connectivity index is 1.28.